The zero-order chi connectivity index (χ0) is 20.7. The fourth-order valence-electron chi connectivity index (χ4n) is 3.75. The van der Waals surface area contributed by atoms with E-state index in [-0.39, 0.29) is 11.7 Å². The number of hydrogen-bond donors (Lipinski definition) is 2. The van der Waals surface area contributed by atoms with Crippen LogP contribution in [0.1, 0.15) is 55.4 Å². The Morgan fingerprint density at radius 1 is 1.17 bits per heavy atom. The lowest BCUT2D eigenvalue weighted by Crippen LogP contribution is -2.19. The van der Waals surface area contributed by atoms with Gasteiger partial charge in [-0.15, -0.1) is 11.3 Å². The van der Waals surface area contributed by atoms with Crippen molar-refractivity contribution < 1.29 is 14.0 Å². The van der Waals surface area contributed by atoms with Crippen molar-refractivity contribution in [2.45, 2.75) is 39.5 Å². The number of nitrogens with two attached hydrogens (primary N) is 1. The molecule has 29 heavy (non-hydrogen) atoms. The van der Waals surface area contributed by atoms with E-state index in [2.05, 4.69) is 10.4 Å². The predicted molar refractivity (Wildman–Crippen MR) is 110 cm³/mol. The molecule has 150 valence electrons. The lowest BCUT2D eigenvalue weighted by atomic mass is 9.95. The Balaban J connectivity index is 1.74. The summed E-state index contributed by atoms with van der Waals surface area (Å²) in [5.41, 5.74) is 9.56. The van der Waals surface area contributed by atoms with E-state index in [0.29, 0.717) is 21.9 Å². The van der Waals surface area contributed by atoms with Gasteiger partial charge in [0.05, 0.1) is 11.3 Å². The molecule has 3 N–H and O–H groups in total. The molecule has 0 unspecified atom stereocenters. The normalized spacial score (nSPS) is 13.2. The SMILES string of the molecule is Cc1sc(NC(=O)c2nn(-c3ccc(F)cc3)c3c2CCCC3)c(C(N)=O)c1C. The number of primary amides is 1. The summed E-state index contributed by atoms with van der Waals surface area (Å²) >= 11 is 1.33. The Morgan fingerprint density at radius 3 is 2.55 bits per heavy atom. The number of amides is 2. The van der Waals surface area contributed by atoms with Gasteiger partial charge >= 0.3 is 0 Å². The Labute approximate surface area is 171 Å². The molecule has 0 fully saturated rings. The highest BCUT2D eigenvalue weighted by Crippen LogP contribution is 2.33. The molecule has 1 aromatic carbocycles. The first-order valence-corrected chi connectivity index (χ1v) is 10.3. The fourth-order valence-corrected chi connectivity index (χ4v) is 4.81. The molecule has 0 atom stereocenters. The summed E-state index contributed by atoms with van der Waals surface area (Å²) in [5.74, 6) is -1.26. The first kappa shape index (κ1) is 19.3. The quantitative estimate of drug-likeness (QED) is 0.681. The van der Waals surface area contributed by atoms with E-state index in [1.165, 1.54) is 23.5 Å². The fraction of sp³-hybridized carbons (Fsp3) is 0.286. The molecule has 2 amide bonds. The molecular weight excluding hydrogens is 391 g/mol. The van der Waals surface area contributed by atoms with Crippen LogP contribution in [0.4, 0.5) is 9.39 Å². The Kier molecular flexibility index (Phi) is 4.96. The molecule has 2 aromatic heterocycles. The van der Waals surface area contributed by atoms with Crippen LogP contribution in [0, 0.1) is 19.7 Å². The number of aryl methyl sites for hydroxylation is 1. The van der Waals surface area contributed by atoms with Crippen LogP contribution in [0.3, 0.4) is 0 Å². The minimum absolute atomic E-state index is 0.324. The highest BCUT2D eigenvalue weighted by molar-refractivity contribution is 7.16. The van der Waals surface area contributed by atoms with Crippen molar-refractivity contribution in [1.29, 1.82) is 0 Å². The summed E-state index contributed by atoms with van der Waals surface area (Å²) in [6.45, 7) is 3.69. The zero-order valence-electron chi connectivity index (χ0n) is 16.2. The topological polar surface area (TPSA) is 90.0 Å². The van der Waals surface area contributed by atoms with Crippen LogP contribution in [0.5, 0.6) is 0 Å². The molecule has 3 aromatic rings. The van der Waals surface area contributed by atoms with E-state index in [1.54, 1.807) is 16.8 Å². The standard InChI is InChI=1S/C21H21FN4O2S/c1-11-12(2)29-21(17(11)19(23)27)24-20(28)18-15-5-3-4-6-16(15)26(25-18)14-9-7-13(22)8-10-14/h7-10H,3-6H2,1-2H3,(H2,23,27)(H,24,28). The third-order valence-corrected chi connectivity index (χ3v) is 6.45. The molecule has 6 nitrogen and oxygen atoms in total. The van der Waals surface area contributed by atoms with Gasteiger partial charge in [-0.3, -0.25) is 9.59 Å². The van der Waals surface area contributed by atoms with E-state index < -0.39 is 5.91 Å². The smallest absolute Gasteiger partial charge is 0.277 e. The summed E-state index contributed by atoms with van der Waals surface area (Å²) in [6.07, 6.45) is 3.55. The highest BCUT2D eigenvalue weighted by atomic mass is 32.1. The monoisotopic (exact) mass is 412 g/mol. The van der Waals surface area contributed by atoms with Gasteiger partial charge in [-0.2, -0.15) is 5.10 Å². The Morgan fingerprint density at radius 2 is 1.86 bits per heavy atom. The molecule has 1 aliphatic rings. The first-order chi connectivity index (χ1) is 13.9. The second-order valence-corrected chi connectivity index (χ2v) is 8.40. The van der Waals surface area contributed by atoms with Gasteiger partial charge in [-0.05, 0) is 69.4 Å². The summed E-state index contributed by atoms with van der Waals surface area (Å²) in [4.78, 5) is 25.9. The van der Waals surface area contributed by atoms with Crippen molar-refractivity contribution in [1.82, 2.24) is 9.78 Å². The predicted octanol–water partition coefficient (Wildman–Crippen LogP) is 3.92. The van der Waals surface area contributed by atoms with Gasteiger partial charge in [0.2, 0.25) is 0 Å². The van der Waals surface area contributed by atoms with Crippen molar-refractivity contribution in [3.8, 4) is 5.69 Å². The van der Waals surface area contributed by atoms with Crippen LogP contribution in [-0.2, 0) is 12.8 Å². The third-order valence-electron chi connectivity index (χ3n) is 5.33. The molecule has 2 heterocycles. The second-order valence-electron chi connectivity index (χ2n) is 7.17. The summed E-state index contributed by atoms with van der Waals surface area (Å²) in [5, 5.41) is 7.84. The second kappa shape index (κ2) is 7.44. The molecule has 8 heteroatoms. The third kappa shape index (κ3) is 3.44. The van der Waals surface area contributed by atoms with Crippen molar-refractivity contribution in [3.63, 3.8) is 0 Å². The number of thiophene rings is 1. The number of fused-ring (bicyclic) bond motifs is 1. The van der Waals surface area contributed by atoms with Gasteiger partial charge in [-0.1, -0.05) is 0 Å². The molecule has 0 radical (unpaired) electrons. The molecule has 4 rings (SSSR count). The maximum Gasteiger partial charge on any atom is 0.277 e. The number of hydrogen-bond acceptors (Lipinski definition) is 4. The number of carbonyl (C=O) groups excluding carboxylic acids is 2. The molecule has 1 aliphatic carbocycles. The highest BCUT2D eigenvalue weighted by Gasteiger charge is 2.27. The van der Waals surface area contributed by atoms with Crippen LogP contribution in [0.15, 0.2) is 24.3 Å². The van der Waals surface area contributed by atoms with Gasteiger partial charge in [0, 0.05) is 16.1 Å². The van der Waals surface area contributed by atoms with Crippen molar-refractivity contribution in [2.24, 2.45) is 5.73 Å². The van der Waals surface area contributed by atoms with Gasteiger partial charge in [0.1, 0.15) is 10.8 Å². The molecule has 0 aliphatic heterocycles. The average Bonchev–Trinajstić information content (AvgIpc) is 3.20. The summed E-state index contributed by atoms with van der Waals surface area (Å²) < 4.78 is 15.0. The maximum absolute atomic E-state index is 13.3. The largest absolute Gasteiger partial charge is 0.365 e. The molecular formula is C21H21FN4O2S. The number of nitrogens with zero attached hydrogens (tertiary/aromatic N) is 2. The number of anilines is 1. The van der Waals surface area contributed by atoms with Crippen molar-refractivity contribution in [3.05, 3.63) is 63.0 Å². The van der Waals surface area contributed by atoms with Crippen LogP contribution < -0.4 is 11.1 Å². The number of nitrogens with one attached hydrogen (secondary N) is 1. The first-order valence-electron chi connectivity index (χ1n) is 9.44. The van der Waals surface area contributed by atoms with Crippen molar-refractivity contribution >= 4 is 28.2 Å². The van der Waals surface area contributed by atoms with Crippen LogP contribution in [-0.4, -0.2) is 21.6 Å². The number of aromatic nitrogens is 2. The number of rotatable bonds is 4. The van der Waals surface area contributed by atoms with Crippen LogP contribution in [0.25, 0.3) is 5.69 Å². The van der Waals surface area contributed by atoms with Gasteiger partial charge in [0.25, 0.3) is 11.8 Å². The maximum atomic E-state index is 13.3. The minimum Gasteiger partial charge on any atom is -0.365 e. The minimum atomic E-state index is -0.568. The van der Waals surface area contributed by atoms with E-state index in [0.717, 1.165) is 47.4 Å². The molecule has 0 saturated heterocycles. The lowest BCUT2D eigenvalue weighted by molar-refractivity contribution is 0.100. The van der Waals surface area contributed by atoms with Crippen LogP contribution in [0.2, 0.25) is 0 Å². The average molecular weight is 412 g/mol. The lowest BCUT2D eigenvalue weighted by Gasteiger charge is -2.14. The zero-order valence-corrected chi connectivity index (χ0v) is 17.0. The molecule has 0 saturated carbocycles. The Hall–Kier alpha value is -3.00. The number of halogens is 1. The van der Waals surface area contributed by atoms with E-state index in [4.69, 9.17) is 5.73 Å². The van der Waals surface area contributed by atoms with Crippen molar-refractivity contribution in [2.75, 3.05) is 5.32 Å². The van der Waals surface area contributed by atoms with Gasteiger partial charge in [0.15, 0.2) is 5.69 Å². The molecule has 0 bridgehead atoms. The van der Waals surface area contributed by atoms with Gasteiger partial charge < -0.3 is 11.1 Å². The molecule has 0 spiro atoms. The number of benzene rings is 1. The van der Waals surface area contributed by atoms with E-state index in [9.17, 15) is 14.0 Å². The summed E-state index contributed by atoms with van der Waals surface area (Å²) in [6, 6.07) is 6.05. The van der Waals surface area contributed by atoms with E-state index >= 15 is 0 Å². The van der Waals surface area contributed by atoms with Crippen LogP contribution >= 0.6 is 11.3 Å². The Bertz CT molecular complexity index is 1110. The summed E-state index contributed by atoms with van der Waals surface area (Å²) in [7, 11) is 0. The van der Waals surface area contributed by atoms with Gasteiger partial charge in [-0.25, -0.2) is 9.07 Å². The number of carbonyl (C=O) groups is 2. The van der Waals surface area contributed by atoms with E-state index in [1.807, 2.05) is 13.8 Å².